The van der Waals surface area contributed by atoms with Crippen LogP contribution in [0.1, 0.15) is 36.4 Å². The standard InChI is InChI=1S/C18H22N4O2/c1-5-23-16-8-14-7-13(4)24-17(14)9-15(16)10-19-22-18-20-11(2)6-12(3)21-18/h6,8-10,13H,5,7H2,1-4H3,(H,20,21,22)/b19-10-/t13-/m0/s1. The van der Waals surface area contributed by atoms with E-state index < -0.39 is 0 Å². The first-order valence-corrected chi connectivity index (χ1v) is 8.13. The molecule has 126 valence electrons. The van der Waals surface area contributed by atoms with Crippen LogP contribution in [0.4, 0.5) is 5.95 Å². The molecule has 0 saturated carbocycles. The van der Waals surface area contributed by atoms with Gasteiger partial charge >= 0.3 is 0 Å². The summed E-state index contributed by atoms with van der Waals surface area (Å²) in [5.74, 6) is 2.18. The van der Waals surface area contributed by atoms with Crippen molar-refractivity contribution in [1.29, 1.82) is 0 Å². The van der Waals surface area contributed by atoms with Crippen LogP contribution in [-0.2, 0) is 6.42 Å². The van der Waals surface area contributed by atoms with Gasteiger partial charge in [0.2, 0.25) is 5.95 Å². The van der Waals surface area contributed by atoms with Gasteiger partial charge in [0.1, 0.15) is 17.6 Å². The maximum atomic E-state index is 5.81. The molecule has 6 heteroatoms. The fraction of sp³-hybridized carbons (Fsp3) is 0.389. The lowest BCUT2D eigenvalue weighted by molar-refractivity contribution is 0.254. The molecule has 24 heavy (non-hydrogen) atoms. The lowest BCUT2D eigenvalue weighted by atomic mass is 10.1. The minimum atomic E-state index is 0.198. The number of nitrogens with one attached hydrogen (secondary N) is 1. The third-order valence-electron chi connectivity index (χ3n) is 3.68. The Morgan fingerprint density at radius 1 is 1.29 bits per heavy atom. The second-order valence-electron chi connectivity index (χ2n) is 5.91. The summed E-state index contributed by atoms with van der Waals surface area (Å²) >= 11 is 0. The number of hydrazone groups is 1. The minimum Gasteiger partial charge on any atom is -0.493 e. The summed E-state index contributed by atoms with van der Waals surface area (Å²) in [5, 5.41) is 4.25. The van der Waals surface area contributed by atoms with Gasteiger partial charge in [-0.25, -0.2) is 15.4 Å². The molecule has 0 bridgehead atoms. The monoisotopic (exact) mass is 326 g/mol. The second-order valence-corrected chi connectivity index (χ2v) is 5.91. The lowest BCUT2D eigenvalue weighted by Gasteiger charge is -2.09. The quantitative estimate of drug-likeness (QED) is 0.674. The van der Waals surface area contributed by atoms with Gasteiger partial charge in [-0.15, -0.1) is 0 Å². The smallest absolute Gasteiger partial charge is 0.243 e. The van der Waals surface area contributed by atoms with Gasteiger partial charge in [-0.2, -0.15) is 5.10 Å². The third-order valence-corrected chi connectivity index (χ3v) is 3.68. The maximum Gasteiger partial charge on any atom is 0.243 e. The number of aryl methyl sites for hydroxylation is 2. The number of hydrogen-bond acceptors (Lipinski definition) is 6. The van der Waals surface area contributed by atoms with Crippen molar-refractivity contribution in [2.45, 2.75) is 40.2 Å². The number of nitrogens with zero attached hydrogens (tertiary/aromatic N) is 3. The fourth-order valence-corrected chi connectivity index (χ4v) is 2.77. The Kier molecular flexibility index (Phi) is 4.64. The number of ether oxygens (including phenoxy) is 2. The zero-order valence-corrected chi connectivity index (χ0v) is 14.5. The van der Waals surface area contributed by atoms with Crippen LogP contribution >= 0.6 is 0 Å². The van der Waals surface area contributed by atoms with E-state index >= 15 is 0 Å². The van der Waals surface area contributed by atoms with Crippen LogP contribution in [0.25, 0.3) is 0 Å². The van der Waals surface area contributed by atoms with Gasteiger partial charge in [-0.3, -0.25) is 0 Å². The first kappa shape index (κ1) is 16.2. The molecule has 1 aromatic heterocycles. The van der Waals surface area contributed by atoms with Gasteiger partial charge in [-0.1, -0.05) is 0 Å². The average Bonchev–Trinajstić information content (AvgIpc) is 2.85. The second kappa shape index (κ2) is 6.86. The van der Waals surface area contributed by atoms with Gasteiger partial charge < -0.3 is 9.47 Å². The highest BCUT2D eigenvalue weighted by Gasteiger charge is 2.21. The molecule has 0 radical (unpaired) electrons. The molecular formula is C18H22N4O2. The van der Waals surface area contributed by atoms with Crippen LogP contribution in [0, 0.1) is 13.8 Å². The fourth-order valence-electron chi connectivity index (χ4n) is 2.77. The number of aromatic nitrogens is 2. The van der Waals surface area contributed by atoms with Gasteiger partial charge in [0.05, 0.1) is 12.8 Å². The van der Waals surface area contributed by atoms with Crippen LogP contribution in [0.2, 0.25) is 0 Å². The van der Waals surface area contributed by atoms with Crippen LogP contribution in [0.5, 0.6) is 11.5 Å². The zero-order valence-electron chi connectivity index (χ0n) is 14.5. The van der Waals surface area contributed by atoms with E-state index in [-0.39, 0.29) is 6.10 Å². The van der Waals surface area contributed by atoms with Crippen molar-refractivity contribution >= 4 is 12.2 Å². The minimum absolute atomic E-state index is 0.198. The molecule has 0 unspecified atom stereocenters. The van der Waals surface area contributed by atoms with E-state index in [2.05, 4.69) is 27.4 Å². The number of hydrogen-bond donors (Lipinski definition) is 1. The van der Waals surface area contributed by atoms with E-state index in [1.54, 1.807) is 6.21 Å². The summed E-state index contributed by atoms with van der Waals surface area (Å²) in [6.07, 6.45) is 2.81. The highest BCUT2D eigenvalue weighted by Crippen LogP contribution is 2.34. The number of anilines is 1. The van der Waals surface area contributed by atoms with Crippen molar-refractivity contribution in [1.82, 2.24) is 9.97 Å². The summed E-state index contributed by atoms with van der Waals surface area (Å²) in [5.41, 5.74) is 6.71. The Hall–Kier alpha value is -2.63. The average molecular weight is 326 g/mol. The molecule has 1 N–H and O–H groups in total. The number of rotatable bonds is 5. The SMILES string of the molecule is CCOc1cc2c(cc1/C=N\Nc1nc(C)cc(C)n1)O[C@@H](C)C2. The highest BCUT2D eigenvalue weighted by atomic mass is 16.5. The first-order chi connectivity index (χ1) is 11.5. The van der Waals surface area contributed by atoms with Crippen LogP contribution in [-0.4, -0.2) is 28.9 Å². The Morgan fingerprint density at radius 2 is 2.04 bits per heavy atom. The Labute approximate surface area is 141 Å². The van der Waals surface area contributed by atoms with Crippen molar-refractivity contribution < 1.29 is 9.47 Å². The van der Waals surface area contributed by atoms with Crippen molar-refractivity contribution in [2.75, 3.05) is 12.0 Å². The van der Waals surface area contributed by atoms with Crippen molar-refractivity contribution in [3.8, 4) is 11.5 Å². The normalized spacial score (nSPS) is 16.1. The molecule has 0 spiro atoms. The lowest BCUT2D eigenvalue weighted by Crippen LogP contribution is -2.05. The largest absolute Gasteiger partial charge is 0.493 e. The van der Waals surface area contributed by atoms with E-state index in [0.29, 0.717) is 12.6 Å². The maximum absolute atomic E-state index is 5.81. The topological polar surface area (TPSA) is 68.6 Å². The summed E-state index contributed by atoms with van der Waals surface area (Å²) in [6.45, 7) is 8.48. The highest BCUT2D eigenvalue weighted by molar-refractivity contribution is 5.85. The van der Waals surface area contributed by atoms with Crippen LogP contribution < -0.4 is 14.9 Å². The van der Waals surface area contributed by atoms with Crippen LogP contribution in [0.3, 0.4) is 0 Å². The van der Waals surface area contributed by atoms with E-state index in [1.807, 2.05) is 39.0 Å². The third kappa shape index (κ3) is 3.64. The Balaban J connectivity index is 1.82. The number of benzene rings is 1. The molecule has 0 amide bonds. The molecule has 1 atom stereocenters. The summed E-state index contributed by atoms with van der Waals surface area (Å²) in [6, 6.07) is 5.93. The molecule has 3 rings (SSSR count). The molecule has 1 aromatic carbocycles. The van der Waals surface area contributed by atoms with Gasteiger partial charge in [0.25, 0.3) is 0 Å². The summed E-state index contributed by atoms with van der Waals surface area (Å²) < 4.78 is 11.5. The zero-order chi connectivity index (χ0) is 17.1. The molecule has 1 aliphatic heterocycles. The predicted molar refractivity (Wildman–Crippen MR) is 94.1 cm³/mol. The molecule has 2 heterocycles. The molecule has 2 aromatic rings. The molecule has 6 nitrogen and oxygen atoms in total. The van der Waals surface area contributed by atoms with E-state index in [0.717, 1.165) is 34.9 Å². The van der Waals surface area contributed by atoms with Gasteiger partial charge in [-0.05, 0) is 45.9 Å². The Bertz CT molecular complexity index is 754. The van der Waals surface area contributed by atoms with Crippen molar-refractivity contribution in [3.63, 3.8) is 0 Å². The molecule has 0 aliphatic carbocycles. The predicted octanol–water partition coefficient (Wildman–Crippen LogP) is 3.26. The number of fused-ring (bicyclic) bond motifs is 1. The van der Waals surface area contributed by atoms with Gasteiger partial charge in [0, 0.05) is 28.9 Å². The Morgan fingerprint density at radius 3 is 2.75 bits per heavy atom. The van der Waals surface area contributed by atoms with Gasteiger partial charge in [0.15, 0.2) is 0 Å². The van der Waals surface area contributed by atoms with Crippen molar-refractivity contribution in [2.24, 2.45) is 5.10 Å². The summed E-state index contributed by atoms with van der Waals surface area (Å²) in [4.78, 5) is 8.60. The molecular weight excluding hydrogens is 304 g/mol. The summed E-state index contributed by atoms with van der Waals surface area (Å²) in [7, 11) is 0. The first-order valence-electron chi connectivity index (χ1n) is 8.13. The van der Waals surface area contributed by atoms with E-state index in [4.69, 9.17) is 9.47 Å². The molecule has 1 aliphatic rings. The van der Waals surface area contributed by atoms with E-state index in [1.165, 1.54) is 5.56 Å². The van der Waals surface area contributed by atoms with E-state index in [9.17, 15) is 0 Å². The molecule has 0 saturated heterocycles. The van der Waals surface area contributed by atoms with Crippen LogP contribution in [0.15, 0.2) is 23.3 Å². The van der Waals surface area contributed by atoms with Crippen molar-refractivity contribution in [3.05, 3.63) is 40.7 Å². The molecule has 0 fully saturated rings.